The summed E-state index contributed by atoms with van der Waals surface area (Å²) in [7, 11) is 0. The summed E-state index contributed by atoms with van der Waals surface area (Å²) in [6.07, 6.45) is 13.5. The standard InChI is InChI=1S/C16H29IO2/c1-2-3-4-5-6-7-8-9-12-16(13-17,15(18)19)14-10-11-14/h14H,2-13H2,1H3,(H,18,19). The first kappa shape index (κ1) is 17.3. The molecule has 1 aliphatic carbocycles. The molecule has 0 amide bonds. The Morgan fingerprint density at radius 3 is 2.05 bits per heavy atom. The SMILES string of the molecule is CCCCCCCCCCC(CI)(C(=O)O)C1CC1. The van der Waals surface area contributed by atoms with E-state index in [1.807, 2.05) is 0 Å². The van der Waals surface area contributed by atoms with Gasteiger partial charge in [-0.05, 0) is 25.2 Å². The topological polar surface area (TPSA) is 37.3 Å². The Hall–Kier alpha value is 0.200. The number of hydrogen-bond donors (Lipinski definition) is 1. The Labute approximate surface area is 131 Å². The van der Waals surface area contributed by atoms with Gasteiger partial charge in [0.1, 0.15) is 0 Å². The van der Waals surface area contributed by atoms with Crippen LogP contribution in [0, 0.1) is 11.3 Å². The van der Waals surface area contributed by atoms with Crippen molar-refractivity contribution in [1.29, 1.82) is 0 Å². The Morgan fingerprint density at radius 2 is 1.63 bits per heavy atom. The number of aliphatic carboxylic acids is 1. The normalized spacial score (nSPS) is 18.2. The van der Waals surface area contributed by atoms with E-state index in [0.29, 0.717) is 5.92 Å². The lowest BCUT2D eigenvalue weighted by Crippen LogP contribution is -2.35. The quantitative estimate of drug-likeness (QED) is 0.278. The van der Waals surface area contributed by atoms with E-state index in [4.69, 9.17) is 0 Å². The van der Waals surface area contributed by atoms with Gasteiger partial charge in [-0.15, -0.1) is 0 Å². The fourth-order valence-corrected chi connectivity index (χ4v) is 4.26. The number of carboxylic acids is 1. The van der Waals surface area contributed by atoms with Gasteiger partial charge in [0.05, 0.1) is 5.41 Å². The molecule has 0 radical (unpaired) electrons. The summed E-state index contributed by atoms with van der Waals surface area (Å²) >= 11 is 2.28. The van der Waals surface area contributed by atoms with Crippen LogP contribution in [0.5, 0.6) is 0 Å². The van der Waals surface area contributed by atoms with Crippen LogP contribution in [0.25, 0.3) is 0 Å². The second-order valence-corrected chi connectivity index (χ2v) is 6.86. The van der Waals surface area contributed by atoms with E-state index in [0.717, 1.165) is 30.1 Å². The van der Waals surface area contributed by atoms with Gasteiger partial charge < -0.3 is 5.11 Å². The second kappa shape index (κ2) is 9.19. The number of carbonyl (C=O) groups is 1. The summed E-state index contributed by atoms with van der Waals surface area (Å²) in [6, 6.07) is 0. The van der Waals surface area contributed by atoms with Gasteiger partial charge in [-0.3, -0.25) is 4.79 Å². The molecular formula is C16H29IO2. The molecule has 0 saturated heterocycles. The van der Waals surface area contributed by atoms with Crippen molar-refractivity contribution in [2.45, 2.75) is 77.6 Å². The highest BCUT2D eigenvalue weighted by molar-refractivity contribution is 14.1. The summed E-state index contributed by atoms with van der Waals surface area (Å²) in [5.74, 6) is -0.0844. The van der Waals surface area contributed by atoms with Crippen molar-refractivity contribution in [2.24, 2.45) is 11.3 Å². The Morgan fingerprint density at radius 1 is 1.11 bits per heavy atom. The zero-order valence-corrected chi connectivity index (χ0v) is 14.5. The Kier molecular flexibility index (Phi) is 8.35. The van der Waals surface area contributed by atoms with Crippen molar-refractivity contribution in [3.05, 3.63) is 0 Å². The van der Waals surface area contributed by atoms with E-state index in [-0.39, 0.29) is 0 Å². The van der Waals surface area contributed by atoms with Crippen LogP contribution in [-0.2, 0) is 4.79 Å². The van der Waals surface area contributed by atoms with Crippen molar-refractivity contribution in [2.75, 3.05) is 4.43 Å². The molecule has 0 aromatic carbocycles. The van der Waals surface area contributed by atoms with Crippen LogP contribution in [0.2, 0.25) is 0 Å². The molecule has 1 aliphatic rings. The van der Waals surface area contributed by atoms with E-state index in [1.54, 1.807) is 0 Å². The molecular weight excluding hydrogens is 351 g/mol. The summed E-state index contributed by atoms with van der Waals surface area (Å²) < 4.78 is 0.779. The van der Waals surface area contributed by atoms with Crippen LogP contribution in [0.1, 0.15) is 77.6 Å². The first-order chi connectivity index (χ1) is 9.17. The van der Waals surface area contributed by atoms with Crippen LogP contribution < -0.4 is 0 Å². The monoisotopic (exact) mass is 380 g/mol. The van der Waals surface area contributed by atoms with Gasteiger partial charge in [-0.1, -0.05) is 80.9 Å². The summed E-state index contributed by atoms with van der Waals surface area (Å²) in [5, 5.41) is 9.53. The van der Waals surface area contributed by atoms with Gasteiger partial charge in [0, 0.05) is 4.43 Å². The third kappa shape index (κ3) is 5.60. The number of hydrogen-bond acceptors (Lipinski definition) is 1. The number of unbranched alkanes of at least 4 members (excludes halogenated alkanes) is 7. The average molecular weight is 380 g/mol. The molecule has 1 saturated carbocycles. The first-order valence-corrected chi connectivity index (χ1v) is 9.49. The molecule has 2 nitrogen and oxygen atoms in total. The number of rotatable bonds is 12. The van der Waals surface area contributed by atoms with E-state index >= 15 is 0 Å². The molecule has 1 rings (SSSR count). The molecule has 0 bridgehead atoms. The Balaban J connectivity index is 2.14. The van der Waals surface area contributed by atoms with Crippen LogP contribution >= 0.6 is 22.6 Å². The predicted octanol–water partition coefficient (Wildman–Crippen LogP) is 5.43. The molecule has 112 valence electrons. The second-order valence-electron chi connectivity index (χ2n) is 6.09. The fraction of sp³-hybridized carbons (Fsp3) is 0.938. The van der Waals surface area contributed by atoms with Gasteiger partial charge in [0.2, 0.25) is 0 Å². The number of carboxylic acid groups (broad SMARTS) is 1. The van der Waals surface area contributed by atoms with Crippen molar-refractivity contribution in [3.8, 4) is 0 Å². The molecule has 1 N–H and O–H groups in total. The first-order valence-electron chi connectivity index (χ1n) is 7.96. The maximum atomic E-state index is 11.6. The van der Waals surface area contributed by atoms with Crippen LogP contribution in [0.3, 0.4) is 0 Å². The molecule has 0 aromatic rings. The molecule has 0 aliphatic heterocycles. The maximum absolute atomic E-state index is 11.6. The van der Waals surface area contributed by atoms with Crippen LogP contribution in [0.15, 0.2) is 0 Å². The van der Waals surface area contributed by atoms with E-state index in [1.165, 1.54) is 44.9 Å². The third-order valence-electron chi connectivity index (χ3n) is 4.50. The van der Waals surface area contributed by atoms with E-state index < -0.39 is 11.4 Å². The number of alkyl halides is 1. The number of halogens is 1. The fourth-order valence-electron chi connectivity index (χ4n) is 2.93. The highest BCUT2D eigenvalue weighted by Gasteiger charge is 2.49. The zero-order chi connectivity index (χ0) is 14.1. The van der Waals surface area contributed by atoms with Gasteiger partial charge in [0.25, 0.3) is 0 Å². The summed E-state index contributed by atoms with van der Waals surface area (Å²) in [5.41, 5.74) is -0.400. The third-order valence-corrected chi connectivity index (χ3v) is 5.86. The molecule has 1 unspecified atom stereocenters. The minimum absolute atomic E-state index is 0.400. The molecule has 0 aromatic heterocycles. The summed E-state index contributed by atoms with van der Waals surface area (Å²) in [6.45, 7) is 2.24. The molecule has 1 fully saturated rings. The highest BCUT2D eigenvalue weighted by Crippen LogP contribution is 2.50. The van der Waals surface area contributed by atoms with Crippen LogP contribution in [-0.4, -0.2) is 15.5 Å². The largest absolute Gasteiger partial charge is 0.481 e. The average Bonchev–Trinajstić information content (AvgIpc) is 3.22. The van der Waals surface area contributed by atoms with E-state index in [2.05, 4.69) is 29.5 Å². The van der Waals surface area contributed by atoms with Crippen molar-refractivity contribution < 1.29 is 9.90 Å². The molecule has 19 heavy (non-hydrogen) atoms. The van der Waals surface area contributed by atoms with Gasteiger partial charge in [-0.2, -0.15) is 0 Å². The Bertz CT molecular complexity index is 263. The van der Waals surface area contributed by atoms with Gasteiger partial charge >= 0.3 is 5.97 Å². The van der Waals surface area contributed by atoms with E-state index in [9.17, 15) is 9.90 Å². The van der Waals surface area contributed by atoms with Gasteiger partial charge in [0.15, 0.2) is 0 Å². The van der Waals surface area contributed by atoms with Crippen LogP contribution in [0.4, 0.5) is 0 Å². The lowest BCUT2D eigenvalue weighted by molar-refractivity contribution is -0.149. The highest BCUT2D eigenvalue weighted by atomic mass is 127. The molecule has 1 atom stereocenters. The van der Waals surface area contributed by atoms with Crippen molar-refractivity contribution >= 4 is 28.6 Å². The maximum Gasteiger partial charge on any atom is 0.310 e. The van der Waals surface area contributed by atoms with Crippen molar-refractivity contribution in [3.63, 3.8) is 0 Å². The molecule has 0 spiro atoms. The molecule has 3 heteroatoms. The lowest BCUT2D eigenvalue weighted by Gasteiger charge is -2.27. The zero-order valence-electron chi connectivity index (χ0n) is 12.3. The minimum Gasteiger partial charge on any atom is -0.481 e. The summed E-state index contributed by atoms with van der Waals surface area (Å²) in [4.78, 5) is 11.6. The smallest absolute Gasteiger partial charge is 0.310 e. The minimum atomic E-state index is -0.549. The van der Waals surface area contributed by atoms with Gasteiger partial charge in [-0.25, -0.2) is 0 Å². The molecule has 0 heterocycles. The lowest BCUT2D eigenvalue weighted by atomic mass is 9.80. The van der Waals surface area contributed by atoms with Crippen molar-refractivity contribution in [1.82, 2.24) is 0 Å². The predicted molar refractivity (Wildman–Crippen MR) is 88.9 cm³/mol.